The predicted molar refractivity (Wildman–Crippen MR) is 60.3 cm³/mol. The van der Waals surface area contributed by atoms with Gasteiger partial charge in [0.25, 0.3) is 11.4 Å². The van der Waals surface area contributed by atoms with Crippen molar-refractivity contribution >= 4 is 24.7 Å². The normalized spacial score (nSPS) is 11.0. The summed E-state index contributed by atoms with van der Waals surface area (Å²) in [6.45, 7) is 0. The van der Waals surface area contributed by atoms with E-state index < -0.39 is 35.1 Å². The number of rotatable bonds is 5. The zero-order valence-corrected chi connectivity index (χ0v) is 9.61. The molecule has 10 nitrogen and oxygen atoms in total. The Labute approximate surface area is 99.7 Å². The Morgan fingerprint density at radius 2 is 1.83 bits per heavy atom. The fraction of sp³-hybridized carbons (Fsp3) is 0.143. The van der Waals surface area contributed by atoms with Gasteiger partial charge in [0, 0.05) is 6.07 Å². The second kappa shape index (κ2) is 5.08. The van der Waals surface area contributed by atoms with E-state index in [1.807, 2.05) is 0 Å². The molecule has 0 heterocycles. The minimum absolute atomic E-state index is 0.200. The summed E-state index contributed by atoms with van der Waals surface area (Å²) in [7, 11) is -4.38. The van der Waals surface area contributed by atoms with Crippen molar-refractivity contribution in [3.05, 3.63) is 38.4 Å². The van der Waals surface area contributed by atoms with E-state index in [9.17, 15) is 24.8 Å². The van der Waals surface area contributed by atoms with Crippen LogP contribution in [0.2, 0.25) is 0 Å². The van der Waals surface area contributed by atoms with Crippen molar-refractivity contribution in [1.29, 1.82) is 0 Å². The summed E-state index contributed by atoms with van der Waals surface area (Å²) in [5, 5.41) is 23.3. The number of nitro benzene ring substituents is 2. The lowest BCUT2D eigenvalue weighted by Gasteiger charge is -2.07. The average molecular weight is 277 g/mol. The SMILES string of the molecule is O=[N+]([O-])c1ccc(NCP(=O)(O)O)c([N+](=O)[O-])c1. The van der Waals surface area contributed by atoms with Gasteiger partial charge in [-0.15, -0.1) is 0 Å². The first kappa shape index (κ1) is 14.0. The third-order valence-electron chi connectivity index (χ3n) is 1.86. The smallest absolute Gasteiger partial charge is 0.344 e. The average Bonchev–Trinajstić information content (AvgIpc) is 2.24. The molecule has 1 aromatic carbocycles. The molecule has 1 aromatic rings. The number of nitrogens with zero attached hydrogens (tertiary/aromatic N) is 2. The number of nitrogens with one attached hydrogen (secondary N) is 1. The van der Waals surface area contributed by atoms with Crippen LogP contribution in [0.25, 0.3) is 0 Å². The lowest BCUT2D eigenvalue weighted by molar-refractivity contribution is -0.393. The molecule has 0 radical (unpaired) electrons. The summed E-state index contributed by atoms with van der Waals surface area (Å²) in [4.78, 5) is 36.7. The Morgan fingerprint density at radius 1 is 1.22 bits per heavy atom. The van der Waals surface area contributed by atoms with E-state index in [0.29, 0.717) is 6.07 Å². The van der Waals surface area contributed by atoms with Gasteiger partial charge < -0.3 is 15.1 Å². The minimum Gasteiger partial charge on any atom is -0.368 e. The van der Waals surface area contributed by atoms with Crippen molar-refractivity contribution in [3.8, 4) is 0 Å². The largest absolute Gasteiger partial charge is 0.368 e. The first-order valence-corrected chi connectivity index (χ1v) is 6.22. The van der Waals surface area contributed by atoms with E-state index in [0.717, 1.165) is 12.1 Å². The van der Waals surface area contributed by atoms with E-state index in [4.69, 9.17) is 9.79 Å². The number of benzene rings is 1. The summed E-state index contributed by atoms with van der Waals surface area (Å²) >= 11 is 0. The summed E-state index contributed by atoms with van der Waals surface area (Å²) in [5.41, 5.74) is -1.31. The molecule has 0 bridgehead atoms. The van der Waals surface area contributed by atoms with E-state index in [1.165, 1.54) is 0 Å². The van der Waals surface area contributed by atoms with Gasteiger partial charge in [0.2, 0.25) is 0 Å². The number of hydrogen-bond donors (Lipinski definition) is 3. The lowest BCUT2D eigenvalue weighted by Crippen LogP contribution is -2.05. The van der Waals surface area contributed by atoms with Crippen LogP contribution in [0, 0.1) is 20.2 Å². The van der Waals surface area contributed by atoms with Gasteiger partial charge in [-0.3, -0.25) is 24.8 Å². The highest BCUT2D eigenvalue weighted by atomic mass is 31.2. The number of anilines is 1. The van der Waals surface area contributed by atoms with Crippen LogP contribution in [0.5, 0.6) is 0 Å². The van der Waals surface area contributed by atoms with E-state index in [1.54, 1.807) is 0 Å². The molecule has 0 amide bonds. The molecular formula is C7H8N3O7P. The van der Waals surface area contributed by atoms with Crippen molar-refractivity contribution in [2.45, 2.75) is 0 Å². The van der Waals surface area contributed by atoms with Crippen LogP contribution in [0.15, 0.2) is 18.2 Å². The van der Waals surface area contributed by atoms with Gasteiger partial charge in [0.1, 0.15) is 12.0 Å². The Balaban J connectivity index is 3.08. The van der Waals surface area contributed by atoms with Crippen LogP contribution in [-0.2, 0) is 4.57 Å². The molecule has 0 fully saturated rings. The zero-order chi connectivity index (χ0) is 13.9. The molecule has 0 aliphatic carbocycles. The predicted octanol–water partition coefficient (Wildman–Crippen LogP) is 1.05. The van der Waals surface area contributed by atoms with Crippen LogP contribution in [-0.4, -0.2) is 25.9 Å². The topological polar surface area (TPSA) is 156 Å². The second-order valence-electron chi connectivity index (χ2n) is 3.22. The van der Waals surface area contributed by atoms with Crippen LogP contribution < -0.4 is 5.32 Å². The Kier molecular flexibility index (Phi) is 3.96. The molecule has 98 valence electrons. The molecular weight excluding hydrogens is 269 g/mol. The molecule has 0 aromatic heterocycles. The van der Waals surface area contributed by atoms with Gasteiger partial charge in [-0.25, -0.2) is 0 Å². The first-order valence-electron chi connectivity index (χ1n) is 4.42. The van der Waals surface area contributed by atoms with Gasteiger partial charge in [0.15, 0.2) is 0 Å². The van der Waals surface area contributed by atoms with Gasteiger partial charge in [-0.05, 0) is 6.07 Å². The maximum atomic E-state index is 10.7. The van der Waals surface area contributed by atoms with Gasteiger partial charge in [0.05, 0.1) is 15.9 Å². The second-order valence-corrected chi connectivity index (χ2v) is 4.86. The van der Waals surface area contributed by atoms with Crippen molar-refractivity contribution in [1.82, 2.24) is 0 Å². The minimum atomic E-state index is -4.38. The van der Waals surface area contributed by atoms with Crippen LogP contribution in [0.3, 0.4) is 0 Å². The van der Waals surface area contributed by atoms with Gasteiger partial charge in [-0.2, -0.15) is 0 Å². The van der Waals surface area contributed by atoms with Crippen molar-refractivity contribution in [3.63, 3.8) is 0 Å². The Hall–Kier alpha value is -2.03. The summed E-state index contributed by atoms with van der Waals surface area (Å²) < 4.78 is 10.6. The van der Waals surface area contributed by atoms with Gasteiger partial charge >= 0.3 is 7.60 Å². The number of nitro groups is 2. The van der Waals surface area contributed by atoms with E-state index >= 15 is 0 Å². The molecule has 0 saturated carbocycles. The van der Waals surface area contributed by atoms with Crippen molar-refractivity contribution in [2.75, 3.05) is 11.6 Å². The highest BCUT2D eigenvalue weighted by molar-refractivity contribution is 7.51. The summed E-state index contributed by atoms with van der Waals surface area (Å²) in [6, 6.07) is 2.73. The molecule has 0 unspecified atom stereocenters. The van der Waals surface area contributed by atoms with E-state index in [2.05, 4.69) is 5.32 Å². The van der Waals surface area contributed by atoms with Crippen LogP contribution in [0.1, 0.15) is 0 Å². The Morgan fingerprint density at radius 3 is 2.28 bits per heavy atom. The maximum absolute atomic E-state index is 10.7. The highest BCUT2D eigenvalue weighted by Crippen LogP contribution is 2.36. The van der Waals surface area contributed by atoms with E-state index in [-0.39, 0.29) is 5.69 Å². The molecule has 0 aliphatic heterocycles. The molecule has 18 heavy (non-hydrogen) atoms. The maximum Gasteiger partial charge on any atom is 0.344 e. The number of non-ortho nitro benzene ring substituents is 1. The third kappa shape index (κ3) is 3.77. The fourth-order valence-corrected chi connectivity index (χ4v) is 1.50. The van der Waals surface area contributed by atoms with Crippen LogP contribution in [0.4, 0.5) is 17.1 Å². The molecule has 3 N–H and O–H groups in total. The Bertz CT molecular complexity index is 540. The molecule has 0 aliphatic rings. The quantitative estimate of drug-likeness (QED) is 0.409. The fourth-order valence-electron chi connectivity index (χ4n) is 1.12. The highest BCUT2D eigenvalue weighted by Gasteiger charge is 2.21. The van der Waals surface area contributed by atoms with Crippen LogP contribution >= 0.6 is 7.60 Å². The molecule has 0 saturated heterocycles. The lowest BCUT2D eigenvalue weighted by atomic mass is 10.2. The molecule has 1 rings (SSSR count). The zero-order valence-electron chi connectivity index (χ0n) is 8.72. The van der Waals surface area contributed by atoms with Gasteiger partial charge in [-0.1, -0.05) is 0 Å². The standard InChI is InChI=1S/C7H8N3O7P/c11-9(12)5-1-2-6(7(3-5)10(13)14)8-4-18(15,16)17/h1-3,8H,4H2,(H2,15,16,17). The molecule has 0 atom stereocenters. The third-order valence-corrected chi connectivity index (χ3v) is 2.43. The summed E-state index contributed by atoms with van der Waals surface area (Å²) in [6.07, 6.45) is -0.800. The molecule has 11 heteroatoms. The molecule has 0 spiro atoms. The first-order chi connectivity index (χ1) is 8.20. The monoisotopic (exact) mass is 277 g/mol. The van der Waals surface area contributed by atoms with Crippen molar-refractivity contribution in [2.24, 2.45) is 0 Å². The van der Waals surface area contributed by atoms with Crippen molar-refractivity contribution < 1.29 is 24.2 Å². The summed E-state index contributed by atoms with van der Waals surface area (Å²) in [5.74, 6) is 0. The number of hydrogen-bond acceptors (Lipinski definition) is 6.